The van der Waals surface area contributed by atoms with Crippen LogP contribution in [0, 0.1) is 0 Å². The lowest BCUT2D eigenvalue weighted by molar-refractivity contribution is 0.103. The van der Waals surface area contributed by atoms with Crippen molar-refractivity contribution in [2.75, 3.05) is 6.61 Å². The second kappa shape index (κ2) is 5.04. The number of nitrogens with one attached hydrogen (secondary N) is 1. The number of ether oxygens (including phenoxy) is 2. The normalized spacial score (nSPS) is 10.7. The molecule has 7 heteroatoms. The highest BCUT2D eigenvalue weighted by Crippen LogP contribution is 2.19. The van der Waals surface area contributed by atoms with E-state index in [1.807, 2.05) is 24.4 Å². The summed E-state index contributed by atoms with van der Waals surface area (Å²) in [6.45, 7) is 1.97. The van der Waals surface area contributed by atoms with E-state index in [4.69, 9.17) is 9.47 Å². The number of hydrogen-bond donors (Lipinski definition) is 1. The quantitative estimate of drug-likeness (QED) is 0.739. The molecule has 3 rings (SSSR count). The molecular weight excluding hydrogens is 260 g/mol. The Morgan fingerprint density at radius 2 is 2.25 bits per heavy atom. The average molecular weight is 272 g/mol. The molecule has 0 unspecified atom stereocenters. The van der Waals surface area contributed by atoms with Gasteiger partial charge in [0.15, 0.2) is 0 Å². The van der Waals surface area contributed by atoms with Crippen molar-refractivity contribution >= 4 is 11.8 Å². The first-order valence-corrected chi connectivity index (χ1v) is 6.09. The summed E-state index contributed by atoms with van der Waals surface area (Å²) in [5.74, 6) is 0.199. The van der Waals surface area contributed by atoms with Crippen LogP contribution in [0.2, 0.25) is 0 Å². The Hall–Kier alpha value is -2.83. The first kappa shape index (κ1) is 12.2. The molecule has 0 atom stereocenters. The van der Waals surface area contributed by atoms with Gasteiger partial charge >= 0.3 is 6.16 Å². The molecule has 3 heterocycles. The number of carbonyl (C=O) groups is 1. The summed E-state index contributed by atoms with van der Waals surface area (Å²) in [6.07, 6.45) is 4.41. The number of aromatic amines is 1. The first-order valence-electron chi connectivity index (χ1n) is 6.09. The van der Waals surface area contributed by atoms with Crippen molar-refractivity contribution in [3.63, 3.8) is 0 Å². The third kappa shape index (κ3) is 2.33. The molecule has 102 valence electrons. The minimum absolute atomic E-state index is 0.199. The van der Waals surface area contributed by atoms with E-state index in [-0.39, 0.29) is 12.5 Å². The van der Waals surface area contributed by atoms with E-state index in [0.29, 0.717) is 5.65 Å². The van der Waals surface area contributed by atoms with Crippen molar-refractivity contribution in [3.8, 4) is 17.1 Å². The predicted molar refractivity (Wildman–Crippen MR) is 70.4 cm³/mol. The topological polar surface area (TPSA) is 81.5 Å². The van der Waals surface area contributed by atoms with Gasteiger partial charge in [-0.2, -0.15) is 10.1 Å². The number of H-pyrrole nitrogens is 1. The molecule has 0 fully saturated rings. The van der Waals surface area contributed by atoms with Crippen LogP contribution in [0.1, 0.15) is 6.92 Å². The number of pyridine rings is 1. The molecule has 0 bridgehead atoms. The Morgan fingerprint density at radius 1 is 1.35 bits per heavy atom. The first-order chi connectivity index (χ1) is 9.76. The van der Waals surface area contributed by atoms with Crippen molar-refractivity contribution in [2.24, 2.45) is 0 Å². The van der Waals surface area contributed by atoms with Gasteiger partial charge in [0.25, 0.3) is 0 Å². The molecule has 0 aliphatic heterocycles. The van der Waals surface area contributed by atoms with Crippen LogP contribution >= 0.6 is 0 Å². The Labute approximate surface area is 114 Å². The number of rotatable bonds is 3. The van der Waals surface area contributed by atoms with Crippen LogP contribution in [0.15, 0.2) is 36.8 Å². The van der Waals surface area contributed by atoms with E-state index in [2.05, 4.69) is 15.2 Å². The van der Waals surface area contributed by atoms with Gasteiger partial charge in [0.1, 0.15) is 5.65 Å². The van der Waals surface area contributed by atoms with Crippen molar-refractivity contribution in [1.29, 1.82) is 0 Å². The Kier molecular flexibility index (Phi) is 3.08. The molecule has 7 nitrogen and oxygen atoms in total. The summed E-state index contributed by atoms with van der Waals surface area (Å²) in [5.41, 5.74) is 2.52. The van der Waals surface area contributed by atoms with Gasteiger partial charge in [0, 0.05) is 18.0 Å². The maximum atomic E-state index is 11.2. The number of hydrogen-bond acceptors (Lipinski definition) is 5. The second-order valence-corrected chi connectivity index (χ2v) is 4.02. The largest absolute Gasteiger partial charge is 0.515 e. The van der Waals surface area contributed by atoms with Gasteiger partial charge < -0.3 is 13.9 Å². The molecule has 0 saturated heterocycles. The van der Waals surface area contributed by atoms with Crippen molar-refractivity contribution in [1.82, 2.24) is 19.6 Å². The van der Waals surface area contributed by atoms with Crippen LogP contribution in [0.3, 0.4) is 0 Å². The van der Waals surface area contributed by atoms with Crippen LogP contribution in [0.5, 0.6) is 5.88 Å². The molecule has 0 saturated carbocycles. The maximum Gasteiger partial charge on any atom is 0.515 e. The SMILES string of the molecule is CCOC(=O)Oc1cn2cc(-c3ccn[nH]3)ccc2n1. The fraction of sp³-hybridized carbons (Fsp3) is 0.154. The Morgan fingerprint density at radius 3 is 3.00 bits per heavy atom. The van der Waals surface area contributed by atoms with E-state index < -0.39 is 6.16 Å². The maximum absolute atomic E-state index is 11.2. The second-order valence-electron chi connectivity index (χ2n) is 4.02. The number of imidazole rings is 1. The molecule has 0 aromatic carbocycles. The zero-order chi connectivity index (χ0) is 13.9. The molecule has 0 aliphatic rings. The van der Waals surface area contributed by atoms with Crippen LogP contribution < -0.4 is 4.74 Å². The smallest absolute Gasteiger partial charge is 0.434 e. The highest BCUT2D eigenvalue weighted by atomic mass is 16.7. The minimum atomic E-state index is -0.760. The van der Waals surface area contributed by atoms with Gasteiger partial charge in [0.05, 0.1) is 18.5 Å². The van der Waals surface area contributed by atoms with Gasteiger partial charge in [-0.3, -0.25) is 5.10 Å². The van der Waals surface area contributed by atoms with Gasteiger partial charge in [-0.05, 0) is 25.1 Å². The van der Waals surface area contributed by atoms with E-state index in [1.54, 1.807) is 23.7 Å². The molecule has 0 radical (unpaired) electrons. The molecule has 1 N–H and O–H groups in total. The summed E-state index contributed by atoms with van der Waals surface area (Å²) in [4.78, 5) is 15.4. The lowest BCUT2D eigenvalue weighted by Gasteiger charge is -1.98. The third-order valence-electron chi connectivity index (χ3n) is 2.69. The van der Waals surface area contributed by atoms with E-state index >= 15 is 0 Å². The molecule has 0 aliphatic carbocycles. The summed E-state index contributed by atoms with van der Waals surface area (Å²) >= 11 is 0. The standard InChI is InChI=1S/C13H12N4O3/c1-2-19-13(18)20-12-8-17-7-9(3-4-11(17)15-12)10-5-6-14-16-10/h3-8H,2H2,1H3,(H,14,16). The average Bonchev–Trinajstić information content (AvgIpc) is 3.06. The summed E-state index contributed by atoms with van der Waals surface area (Å²) in [5, 5.41) is 6.79. The highest BCUT2D eigenvalue weighted by Gasteiger charge is 2.10. The lowest BCUT2D eigenvalue weighted by Crippen LogP contribution is -2.10. The zero-order valence-electron chi connectivity index (χ0n) is 10.7. The minimum Gasteiger partial charge on any atom is -0.434 e. The fourth-order valence-corrected chi connectivity index (χ4v) is 1.83. The number of carbonyl (C=O) groups excluding carboxylic acids is 1. The molecule has 3 aromatic heterocycles. The van der Waals surface area contributed by atoms with Gasteiger partial charge in [0.2, 0.25) is 5.88 Å². The van der Waals surface area contributed by atoms with Crippen molar-refractivity contribution in [2.45, 2.75) is 6.92 Å². The van der Waals surface area contributed by atoms with Crippen molar-refractivity contribution in [3.05, 3.63) is 36.8 Å². The molecule has 3 aromatic rings. The number of aromatic nitrogens is 4. The van der Waals surface area contributed by atoms with Crippen LogP contribution in [0.4, 0.5) is 4.79 Å². The lowest BCUT2D eigenvalue weighted by atomic mass is 10.2. The van der Waals surface area contributed by atoms with Crippen LogP contribution in [-0.4, -0.2) is 32.3 Å². The third-order valence-corrected chi connectivity index (χ3v) is 2.69. The fourth-order valence-electron chi connectivity index (χ4n) is 1.83. The number of nitrogens with zero attached hydrogens (tertiary/aromatic N) is 3. The molecule has 20 heavy (non-hydrogen) atoms. The summed E-state index contributed by atoms with van der Waals surface area (Å²) in [7, 11) is 0. The van der Waals surface area contributed by atoms with Crippen LogP contribution in [-0.2, 0) is 4.74 Å². The highest BCUT2D eigenvalue weighted by molar-refractivity contribution is 5.64. The van der Waals surface area contributed by atoms with E-state index in [0.717, 1.165) is 11.3 Å². The Bertz CT molecular complexity index is 733. The monoisotopic (exact) mass is 272 g/mol. The van der Waals surface area contributed by atoms with Gasteiger partial charge in [-0.25, -0.2) is 4.79 Å². The van der Waals surface area contributed by atoms with Crippen LogP contribution in [0.25, 0.3) is 16.9 Å². The zero-order valence-corrected chi connectivity index (χ0v) is 10.7. The van der Waals surface area contributed by atoms with E-state index in [9.17, 15) is 4.79 Å². The van der Waals surface area contributed by atoms with Gasteiger partial charge in [-0.1, -0.05) is 0 Å². The summed E-state index contributed by atoms with van der Waals surface area (Å²) in [6, 6.07) is 5.60. The van der Waals surface area contributed by atoms with E-state index in [1.165, 1.54) is 0 Å². The predicted octanol–water partition coefficient (Wildman–Crippen LogP) is 2.26. The van der Waals surface area contributed by atoms with Crippen molar-refractivity contribution < 1.29 is 14.3 Å². The van der Waals surface area contributed by atoms with Gasteiger partial charge in [-0.15, -0.1) is 0 Å². The number of fused-ring (bicyclic) bond motifs is 1. The molecular formula is C13H12N4O3. The summed E-state index contributed by atoms with van der Waals surface area (Å²) < 4.78 is 11.4. The Balaban J connectivity index is 1.89. The molecule has 0 amide bonds. The molecule has 0 spiro atoms.